The second kappa shape index (κ2) is 4.81. The van der Waals surface area contributed by atoms with E-state index < -0.39 is 5.97 Å². The fraction of sp³-hybridized carbons (Fsp3) is 0.250. The van der Waals surface area contributed by atoms with Crippen molar-refractivity contribution in [1.29, 1.82) is 0 Å². The molecule has 0 aliphatic rings. The van der Waals surface area contributed by atoms with E-state index in [1.54, 1.807) is 12.3 Å². The van der Waals surface area contributed by atoms with Crippen molar-refractivity contribution < 1.29 is 14.3 Å². The van der Waals surface area contributed by atoms with Crippen LogP contribution in [-0.4, -0.2) is 24.7 Å². The molecule has 0 saturated carbocycles. The highest BCUT2D eigenvalue weighted by molar-refractivity contribution is 9.10. The van der Waals surface area contributed by atoms with Crippen LogP contribution in [-0.2, 0) is 9.53 Å². The molecule has 1 aromatic heterocycles. The zero-order chi connectivity index (χ0) is 9.68. The van der Waals surface area contributed by atoms with Crippen LogP contribution in [0.3, 0.4) is 0 Å². The molecular formula is C8H8BrNO3. The molecule has 0 aromatic carbocycles. The summed E-state index contributed by atoms with van der Waals surface area (Å²) in [4.78, 5) is 14.6. The number of methoxy groups -OCH3 is 1. The molecule has 70 valence electrons. The Kier molecular flexibility index (Phi) is 3.70. The van der Waals surface area contributed by atoms with Crippen LogP contribution in [0.4, 0.5) is 0 Å². The normalized spacial score (nSPS) is 9.38. The first-order valence-corrected chi connectivity index (χ1v) is 4.32. The lowest BCUT2D eigenvalue weighted by atomic mass is 10.5. The van der Waals surface area contributed by atoms with Crippen LogP contribution in [0.25, 0.3) is 0 Å². The molecule has 0 radical (unpaired) electrons. The summed E-state index contributed by atoms with van der Waals surface area (Å²) in [6.07, 6.45) is 3.15. The number of esters is 1. The highest BCUT2D eigenvalue weighted by Crippen LogP contribution is 2.15. The number of hydrogen-bond acceptors (Lipinski definition) is 4. The van der Waals surface area contributed by atoms with Gasteiger partial charge in [-0.3, -0.25) is 4.98 Å². The summed E-state index contributed by atoms with van der Waals surface area (Å²) >= 11 is 3.23. The van der Waals surface area contributed by atoms with Crippen molar-refractivity contribution in [3.63, 3.8) is 0 Å². The van der Waals surface area contributed by atoms with Crippen molar-refractivity contribution in [3.05, 3.63) is 22.9 Å². The summed E-state index contributed by atoms with van der Waals surface area (Å²) in [7, 11) is 1.31. The second-order valence-electron chi connectivity index (χ2n) is 2.20. The Balaban J connectivity index is 2.50. The van der Waals surface area contributed by atoms with Gasteiger partial charge in [-0.1, -0.05) is 0 Å². The van der Waals surface area contributed by atoms with E-state index in [1.165, 1.54) is 13.3 Å². The van der Waals surface area contributed by atoms with E-state index in [0.29, 0.717) is 5.75 Å². The van der Waals surface area contributed by atoms with Crippen molar-refractivity contribution in [2.45, 2.75) is 0 Å². The number of hydrogen-bond donors (Lipinski definition) is 0. The van der Waals surface area contributed by atoms with Crippen molar-refractivity contribution in [1.82, 2.24) is 4.98 Å². The summed E-state index contributed by atoms with van der Waals surface area (Å²) < 4.78 is 10.3. The van der Waals surface area contributed by atoms with Gasteiger partial charge in [-0.2, -0.15) is 0 Å². The lowest BCUT2D eigenvalue weighted by Gasteiger charge is -2.03. The van der Waals surface area contributed by atoms with Crippen molar-refractivity contribution >= 4 is 21.9 Å². The Hall–Kier alpha value is -1.10. The highest BCUT2D eigenvalue weighted by atomic mass is 79.9. The van der Waals surface area contributed by atoms with Crippen LogP contribution in [0, 0.1) is 0 Å². The first-order chi connectivity index (χ1) is 6.22. The van der Waals surface area contributed by atoms with E-state index in [9.17, 15) is 4.79 Å². The van der Waals surface area contributed by atoms with Gasteiger partial charge in [0.05, 0.1) is 13.3 Å². The zero-order valence-corrected chi connectivity index (χ0v) is 8.58. The summed E-state index contributed by atoms with van der Waals surface area (Å²) in [6.45, 7) is -0.103. The van der Waals surface area contributed by atoms with E-state index in [0.717, 1.165) is 4.47 Å². The number of rotatable bonds is 3. The van der Waals surface area contributed by atoms with E-state index in [4.69, 9.17) is 4.74 Å². The Bertz CT molecular complexity index is 303. The molecule has 0 saturated heterocycles. The maximum Gasteiger partial charge on any atom is 0.343 e. The third kappa shape index (κ3) is 3.42. The van der Waals surface area contributed by atoms with Crippen LogP contribution in [0.15, 0.2) is 22.9 Å². The highest BCUT2D eigenvalue weighted by Gasteiger charge is 2.01. The Morgan fingerprint density at radius 3 is 3.00 bits per heavy atom. The maximum absolute atomic E-state index is 10.7. The first kappa shape index (κ1) is 9.98. The SMILES string of the molecule is COC(=O)COc1cncc(Br)c1. The molecule has 5 heteroatoms. The van der Waals surface area contributed by atoms with Crippen molar-refractivity contribution in [2.75, 3.05) is 13.7 Å². The molecule has 0 aliphatic heterocycles. The van der Waals surface area contributed by atoms with E-state index in [1.807, 2.05) is 0 Å². The molecule has 0 bridgehead atoms. The fourth-order valence-electron chi connectivity index (χ4n) is 0.672. The number of halogens is 1. The summed E-state index contributed by atoms with van der Waals surface area (Å²) in [5, 5.41) is 0. The van der Waals surface area contributed by atoms with E-state index in [2.05, 4.69) is 25.7 Å². The van der Waals surface area contributed by atoms with Crippen LogP contribution >= 0.6 is 15.9 Å². The molecule has 0 atom stereocenters. The average molecular weight is 246 g/mol. The molecule has 1 heterocycles. The number of aromatic nitrogens is 1. The smallest absolute Gasteiger partial charge is 0.343 e. The van der Waals surface area contributed by atoms with Crippen molar-refractivity contribution in [2.24, 2.45) is 0 Å². The molecule has 1 aromatic rings. The second-order valence-corrected chi connectivity index (χ2v) is 3.12. The van der Waals surface area contributed by atoms with Gasteiger partial charge in [0, 0.05) is 10.7 Å². The number of pyridine rings is 1. The summed E-state index contributed by atoms with van der Waals surface area (Å²) in [5.74, 6) is 0.111. The molecule has 0 amide bonds. The van der Waals surface area contributed by atoms with Crippen molar-refractivity contribution in [3.8, 4) is 5.75 Å². The maximum atomic E-state index is 10.7. The van der Waals surface area contributed by atoms with Gasteiger partial charge >= 0.3 is 5.97 Å². The standard InChI is InChI=1S/C8H8BrNO3/c1-12-8(11)5-13-7-2-6(9)3-10-4-7/h2-4H,5H2,1H3. The molecule has 0 N–H and O–H groups in total. The lowest BCUT2D eigenvalue weighted by molar-refractivity contribution is -0.142. The quantitative estimate of drug-likeness (QED) is 0.756. The first-order valence-electron chi connectivity index (χ1n) is 3.52. The van der Waals surface area contributed by atoms with Crippen LogP contribution in [0.1, 0.15) is 0 Å². The minimum Gasteiger partial charge on any atom is -0.480 e. The largest absolute Gasteiger partial charge is 0.480 e. The molecule has 0 fully saturated rings. The predicted octanol–water partition coefficient (Wildman–Crippen LogP) is 1.40. The minimum absolute atomic E-state index is 0.103. The molecule has 0 unspecified atom stereocenters. The third-order valence-corrected chi connectivity index (χ3v) is 1.70. The number of carbonyl (C=O) groups is 1. The van der Waals surface area contributed by atoms with Gasteiger partial charge < -0.3 is 9.47 Å². The van der Waals surface area contributed by atoms with E-state index >= 15 is 0 Å². The van der Waals surface area contributed by atoms with Gasteiger partial charge in [0.15, 0.2) is 6.61 Å². The van der Waals surface area contributed by atoms with Crippen LogP contribution in [0.2, 0.25) is 0 Å². The lowest BCUT2D eigenvalue weighted by Crippen LogP contribution is -2.12. The summed E-state index contributed by atoms with van der Waals surface area (Å²) in [6, 6.07) is 1.72. The van der Waals surface area contributed by atoms with Gasteiger partial charge in [0.2, 0.25) is 0 Å². The Morgan fingerprint density at radius 1 is 1.62 bits per heavy atom. The molecule has 0 aliphatic carbocycles. The van der Waals surface area contributed by atoms with Crippen LogP contribution in [0.5, 0.6) is 5.75 Å². The van der Waals surface area contributed by atoms with Gasteiger partial charge in [0.1, 0.15) is 5.75 Å². The molecule has 0 spiro atoms. The molecule has 4 nitrogen and oxygen atoms in total. The Morgan fingerprint density at radius 2 is 2.38 bits per heavy atom. The topological polar surface area (TPSA) is 48.4 Å². The number of carbonyl (C=O) groups excluding carboxylic acids is 1. The predicted molar refractivity (Wildman–Crippen MR) is 49.4 cm³/mol. The summed E-state index contributed by atoms with van der Waals surface area (Å²) in [5.41, 5.74) is 0. The average Bonchev–Trinajstić information content (AvgIpc) is 2.14. The monoisotopic (exact) mass is 245 g/mol. The Labute approximate surface area is 84.0 Å². The zero-order valence-electron chi connectivity index (χ0n) is 6.99. The fourth-order valence-corrected chi connectivity index (χ4v) is 1.02. The van der Waals surface area contributed by atoms with Gasteiger partial charge in [-0.05, 0) is 22.0 Å². The van der Waals surface area contributed by atoms with Crippen LogP contribution < -0.4 is 4.74 Å². The molecule has 1 rings (SSSR count). The van der Waals surface area contributed by atoms with Gasteiger partial charge in [-0.15, -0.1) is 0 Å². The van der Waals surface area contributed by atoms with E-state index in [-0.39, 0.29) is 6.61 Å². The third-order valence-electron chi connectivity index (χ3n) is 1.26. The number of nitrogens with zero attached hydrogens (tertiary/aromatic N) is 1. The van der Waals surface area contributed by atoms with Gasteiger partial charge in [0.25, 0.3) is 0 Å². The molecule has 13 heavy (non-hydrogen) atoms. The van der Waals surface area contributed by atoms with Gasteiger partial charge in [-0.25, -0.2) is 4.79 Å². The number of ether oxygens (including phenoxy) is 2. The minimum atomic E-state index is -0.417. The molecular weight excluding hydrogens is 238 g/mol.